The molecule has 4 rings (SSSR count). The molecule has 0 amide bonds. The van der Waals surface area contributed by atoms with Gasteiger partial charge in [0.25, 0.3) is 0 Å². The van der Waals surface area contributed by atoms with E-state index in [1.165, 1.54) is 84.3 Å². The predicted octanol–water partition coefficient (Wildman–Crippen LogP) is 2.52. The zero-order chi connectivity index (χ0) is 15.2. The average Bonchev–Trinajstić information content (AvgIpc) is 2.45. The first-order valence-corrected chi connectivity index (χ1v) is 9.77. The molecule has 0 aromatic rings. The van der Waals surface area contributed by atoms with Gasteiger partial charge in [-0.1, -0.05) is 6.92 Å². The zero-order valence-corrected chi connectivity index (χ0v) is 14.8. The maximum absolute atomic E-state index is 2.82. The molecule has 1 spiro atoms. The molecule has 0 unspecified atom stereocenters. The minimum atomic E-state index is 0.751. The van der Waals surface area contributed by atoms with Crippen LogP contribution in [0.4, 0.5) is 0 Å². The van der Waals surface area contributed by atoms with Crippen molar-refractivity contribution in [3.8, 4) is 0 Å². The molecule has 4 fully saturated rings. The standard InChI is InChI=1S/C19H35N3/c1-16-3-7-22(8-4-16)18-11-19(12-18)5-9-21(10-6-19)15-17-13-20(2)14-17/h16-18H,3-15H2,1-2H3. The van der Waals surface area contributed by atoms with Crippen LogP contribution in [0.3, 0.4) is 0 Å². The molecule has 0 atom stereocenters. The molecule has 3 aliphatic heterocycles. The van der Waals surface area contributed by atoms with Gasteiger partial charge in [-0.2, -0.15) is 0 Å². The van der Waals surface area contributed by atoms with Crippen molar-refractivity contribution in [2.24, 2.45) is 17.3 Å². The van der Waals surface area contributed by atoms with E-state index in [0.29, 0.717) is 0 Å². The van der Waals surface area contributed by atoms with Crippen LogP contribution in [-0.2, 0) is 0 Å². The first kappa shape index (κ1) is 15.4. The van der Waals surface area contributed by atoms with Crippen LogP contribution in [0, 0.1) is 17.3 Å². The van der Waals surface area contributed by atoms with Crippen molar-refractivity contribution in [3.63, 3.8) is 0 Å². The number of likely N-dealkylation sites (tertiary alicyclic amines) is 3. The van der Waals surface area contributed by atoms with E-state index in [1.54, 1.807) is 0 Å². The molecule has 3 nitrogen and oxygen atoms in total. The third kappa shape index (κ3) is 3.09. The van der Waals surface area contributed by atoms with Crippen LogP contribution in [0.2, 0.25) is 0 Å². The van der Waals surface area contributed by atoms with Crippen LogP contribution >= 0.6 is 0 Å². The van der Waals surface area contributed by atoms with Crippen LogP contribution in [0.5, 0.6) is 0 Å². The second kappa shape index (κ2) is 6.07. The SMILES string of the molecule is CC1CCN(C2CC3(CCN(CC4CN(C)C4)CC3)C2)CC1. The molecule has 0 bridgehead atoms. The van der Waals surface area contributed by atoms with E-state index in [-0.39, 0.29) is 0 Å². The molecule has 0 aromatic carbocycles. The van der Waals surface area contributed by atoms with Crippen molar-refractivity contribution < 1.29 is 0 Å². The lowest BCUT2D eigenvalue weighted by Gasteiger charge is -2.56. The third-order valence-electron chi connectivity index (χ3n) is 7.24. The van der Waals surface area contributed by atoms with Gasteiger partial charge >= 0.3 is 0 Å². The first-order valence-electron chi connectivity index (χ1n) is 9.77. The highest BCUT2D eigenvalue weighted by Gasteiger charge is 2.48. The van der Waals surface area contributed by atoms with Gasteiger partial charge in [0.2, 0.25) is 0 Å². The van der Waals surface area contributed by atoms with E-state index in [4.69, 9.17) is 0 Å². The highest BCUT2D eigenvalue weighted by molar-refractivity contribution is 5.02. The fourth-order valence-electron chi connectivity index (χ4n) is 5.52. The number of hydrogen-bond donors (Lipinski definition) is 0. The summed E-state index contributed by atoms with van der Waals surface area (Å²) in [6.45, 7) is 12.0. The van der Waals surface area contributed by atoms with E-state index in [0.717, 1.165) is 23.3 Å². The predicted molar refractivity (Wildman–Crippen MR) is 92.1 cm³/mol. The Balaban J connectivity index is 1.18. The second-order valence-electron chi connectivity index (χ2n) is 9.17. The summed E-state index contributed by atoms with van der Waals surface area (Å²) in [6, 6.07) is 0.944. The molecule has 0 aromatic heterocycles. The lowest BCUT2D eigenvalue weighted by Crippen LogP contribution is -2.57. The van der Waals surface area contributed by atoms with E-state index in [2.05, 4.69) is 28.7 Å². The Morgan fingerprint density at radius 1 is 0.955 bits per heavy atom. The fraction of sp³-hybridized carbons (Fsp3) is 1.00. The Bertz CT molecular complexity index is 366. The molecule has 0 N–H and O–H groups in total. The number of nitrogens with zero attached hydrogens (tertiary/aromatic N) is 3. The quantitative estimate of drug-likeness (QED) is 0.793. The molecule has 4 aliphatic rings. The molecular weight excluding hydrogens is 270 g/mol. The van der Waals surface area contributed by atoms with Gasteiger partial charge in [0.15, 0.2) is 0 Å². The largest absolute Gasteiger partial charge is 0.306 e. The van der Waals surface area contributed by atoms with Gasteiger partial charge in [-0.15, -0.1) is 0 Å². The molecule has 3 saturated heterocycles. The van der Waals surface area contributed by atoms with Gasteiger partial charge in [-0.05, 0) is 89.0 Å². The Kier molecular flexibility index (Phi) is 4.25. The maximum atomic E-state index is 2.82. The lowest BCUT2D eigenvalue weighted by atomic mass is 9.59. The summed E-state index contributed by atoms with van der Waals surface area (Å²) >= 11 is 0. The summed E-state index contributed by atoms with van der Waals surface area (Å²) < 4.78 is 0. The molecule has 3 heterocycles. The number of rotatable bonds is 3. The molecule has 1 saturated carbocycles. The highest BCUT2D eigenvalue weighted by Crippen LogP contribution is 2.51. The number of hydrogen-bond acceptors (Lipinski definition) is 3. The van der Waals surface area contributed by atoms with Crippen molar-refractivity contribution >= 4 is 0 Å². The summed E-state index contributed by atoms with van der Waals surface area (Å²) in [6.07, 6.45) is 8.87. The van der Waals surface area contributed by atoms with E-state index < -0.39 is 0 Å². The monoisotopic (exact) mass is 305 g/mol. The zero-order valence-electron chi connectivity index (χ0n) is 14.8. The fourth-order valence-corrected chi connectivity index (χ4v) is 5.52. The van der Waals surface area contributed by atoms with Crippen LogP contribution in [0.25, 0.3) is 0 Å². The van der Waals surface area contributed by atoms with E-state index in [1.807, 2.05) is 0 Å². The summed E-state index contributed by atoms with van der Waals surface area (Å²) in [5.74, 6) is 1.93. The lowest BCUT2D eigenvalue weighted by molar-refractivity contribution is -0.0561. The highest BCUT2D eigenvalue weighted by atomic mass is 15.2. The van der Waals surface area contributed by atoms with Crippen molar-refractivity contribution in [2.45, 2.75) is 51.5 Å². The molecule has 126 valence electrons. The molecule has 0 radical (unpaired) electrons. The summed E-state index contributed by atoms with van der Waals surface area (Å²) in [5, 5.41) is 0. The molecule has 1 aliphatic carbocycles. The van der Waals surface area contributed by atoms with Crippen LogP contribution in [0.1, 0.15) is 45.4 Å². The van der Waals surface area contributed by atoms with Crippen LogP contribution in [0.15, 0.2) is 0 Å². The van der Waals surface area contributed by atoms with Gasteiger partial charge in [0.1, 0.15) is 0 Å². The van der Waals surface area contributed by atoms with Crippen LogP contribution in [-0.4, -0.2) is 73.6 Å². The molecular formula is C19H35N3. The second-order valence-corrected chi connectivity index (χ2v) is 9.17. The van der Waals surface area contributed by atoms with Gasteiger partial charge in [-0.3, -0.25) is 0 Å². The van der Waals surface area contributed by atoms with Gasteiger partial charge < -0.3 is 14.7 Å². The average molecular weight is 306 g/mol. The van der Waals surface area contributed by atoms with E-state index in [9.17, 15) is 0 Å². The minimum Gasteiger partial charge on any atom is -0.306 e. The van der Waals surface area contributed by atoms with E-state index >= 15 is 0 Å². The normalized spacial score (nSPS) is 33.0. The topological polar surface area (TPSA) is 9.72 Å². The van der Waals surface area contributed by atoms with Crippen molar-refractivity contribution in [3.05, 3.63) is 0 Å². The third-order valence-corrected chi connectivity index (χ3v) is 7.24. The van der Waals surface area contributed by atoms with Crippen molar-refractivity contribution in [1.29, 1.82) is 0 Å². The summed E-state index contributed by atoms with van der Waals surface area (Å²) in [4.78, 5) is 8.03. The van der Waals surface area contributed by atoms with Gasteiger partial charge in [-0.25, -0.2) is 0 Å². The van der Waals surface area contributed by atoms with Gasteiger partial charge in [0, 0.05) is 25.7 Å². The smallest absolute Gasteiger partial charge is 0.0106 e. The molecule has 22 heavy (non-hydrogen) atoms. The first-order chi connectivity index (χ1) is 10.6. The Labute approximate surface area is 137 Å². The van der Waals surface area contributed by atoms with Gasteiger partial charge in [0.05, 0.1) is 0 Å². The Hall–Kier alpha value is -0.120. The number of piperidine rings is 2. The maximum Gasteiger partial charge on any atom is 0.0106 e. The minimum absolute atomic E-state index is 0.751. The Morgan fingerprint density at radius 2 is 1.59 bits per heavy atom. The van der Waals surface area contributed by atoms with Crippen molar-refractivity contribution in [1.82, 2.24) is 14.7 Å². The Morgan fingerprint density at radius 3 is 2.18 bits per heavy atom. The van der Waals surface area contributed by atoms with Crippen LogP contribution < -0.4 is 0 Å². The molecule has 3 heteroatoms. The summed E-state index contributed by atoms with van der Waals surface area (Å²) in [7, 11) is 2.25. The summed E-state index contributed by atoms with van der Waals surface area (Å²) in [5.41, 5.74) is 0.751. The van der Waals surface area contributed by atoms with Crippen molar-refractivity contribution in [2.75, 3.05) is 52.9 Å².